The average molecular weight is 387 g/mol. The molecule has 29 heavy (non-hydrogen) atoms. The Morgan fingerprint density at radius 2 is 1.72 bits per heavy atom. The number of hydrogen-bond acceptors (Lipinski definition) is 2. The van der Waals surface area contributed by atoms with Crippen molar-refractivity contribution in [2.24, 2.45) is 0 Å². The molecule has 2 aromatic carbocycles. The van der Waals surface area contributed by atoms with Crippen LogP contribution in [0.25, 0.3) is 5.69 Å². The second-order valence-corrected chi connectivity index (χ2v) is 6.96. The van der Waals surface area contributed by atoms with Crippen LogP contribution in [0, 0.1) is 20.8 Å². The Balaban J connectivity index is 1.91. The van der Waals surface area contributed by atoms with Crippen molar-refractivity contribution < 1.29 is 9.59 Å². The quantitative estimate of drug-likeness (QED) is 0.609. The number of rotatable bonds is 6. The minimum atomic E-state index is -0.258. The van der Waals surface area contributed by atoms with Crippen molar-refractivity contribution in [3.05, 3.63) is 95.3 Å². The van der Waals surface area contributed by atoms with Crippen LogP contribution in [0.1, 0.15) is 37.7 Å². The van der Waals surface area contributed by atoms with Gasteiger partial charge >= 0.3 is 0 Å². The molecule has 0 aliphatic heterocycles. The van der Waals surface area contributed by atoms with Crippen LogP contribution in [0.3, 0.4) is 0 Å². The lowest BCUT2D eigenvalue weighted by atomic mass is 10.1. The third-order valence-corrected chi connectivity index (χ3v) is 4.76. The largest absolute Gasteiger partial charge is 0.349 e. The van der Waals surface area contributed by atoms with Gasteiger partial charge in [-0.3, -0.25) is 9.59 Å². The van der Waals surface area contributed by atoms with Gasteiger partial charge in [0.25, 0.3) is 11.8 Å². The number of aryl methyl sites for hydroxylation is 2. The van der Waals surface area contributed by atoms with Crippen molar-refractivity contribution in [1.82, 2.24) is 9.88 Å². The Morgan fingerprint density at radius 3 is 2.45 bits per heavy atom. The van der Waals surface area contributed by atoms with Crippen LogP contribution in [-0.2, 0) is 0 Å². The van der Waals surface area contributed by atoms with Gasteiger partial charge < -0.3 is 15.2 Å². The molecule has 0 aliphatic carbocycles. The van der Waals surface area contributed by atoms with Gasteiger partial charge in [0.1, 0.15) is 0 Å². The van der Waals surface area contributed by atoms with Crippen LogP contribution in [-0.4, -0.2) is 22.9 Å². The van der Waals surface area contributed by atoms with E-state index in [1.807, 2.05) is 45.0 Å². The van der Waals surface area contributed by atoms with Gasteiger partial charge in [0.15, 0.2) is 0 Å². The second-order valence-electron chi connectivity index (χ2n) is 6.96. The molecule has 148 valence electrons. The lowest BCUT2D eigenvalue weighted by Crippen LogP contribution is -2.25. The highest BCUT2D eigenvalue weighted by atomic mass is 16.2. The summed E-state index contributed by atoms with van der Waals surface area (Å²) >= 11 is 0. The normalized spacial score (nSPS) is 10.4. The number of nitrogens with one attached hydrogen (secondary N) is 2. The lowest BCUT2D eigenvalue weighted by molar-refractivity contribution is 0.0959. The highest BCUT2D eigenvalue weighted by molar-refractivity contribution is 6.09. The predicted octanol–water partition coefficient (Wildman–Crippen LogP) is 4.57. The fourth-order valence-corrected chi connectivity index (χ4v) is 3.40. The molecule has 3 rings (SSSR count). The van der Waals surface area contributed by atoms with Crippen molar-refractivity contribution >= 4 is 17.5 Å². The summed E-state index contributed by atoms with van der Waals surface area (Å²) in [6.45, 7) is 9.90. The molecule has 1 heterocycles. The first-order valence-electron chi connectivity index (χ1n) is 9.48. The number of para-hydroxylation sites is 1. The van der Waals surface area contributed by atoms with Gasteiger partial charge in [0, 0.05) is 23.6 Å². The molecule has 2 N–H and O–H groups in total. The molecule has 0 aliphatic rings. The van der Waals surface area contributed by atoms with E-state index in [1.54, 1.807) is 30.3 Å². The molecular formula is C24H25N3O2. The maximum Gasteiger partial charge on any atom is 0.257 e. The number of benzene rings is 2. The van der Waals surface area contributed by atoms with Gasteiger partial charge in [-0.1, -0.05) is 30.3 Å². The van der Waals surface area contributed by atoms with E-state index in [-0.39, 0.29) is 11.8 Å². The predicted molar refractivity (Wildman–Crippen MR) is 117 cm³/mol. The molecule has 0 spiro atoms. The van der Waals surface area contributed by atoms with E-state index in [2.05, 4.69) is 27.8 Å². The molecule has 0 atom stereocenters. The zero-order valence-electron chi connectivity index (χ0n) is 17.0. The molecular weight excluding hydrogens is 362 g/mol. The topological polar surface area (TPSA) is 63.1 Å². The first-order chi connectivity index (χ1) is 13.9. The third kappa shape index (κ3) is 4.29. The maximum atomic E-state index is 13.0. The van der Waals surface area contributed by atoms with Crippen LogP contribution < -0.4 is 10.6 Å². The number of nitrogens with zero attached hydrogens (tertiary/aromatic N) is 1. The molecule has 5 nitrogen and oxygen atoms in total. The molecule has 0 radical (unpaired) electrons. The van der Waals surface area contributed by atoms with Crippen LogP contribution in [0.5, 0.6) is 0 Å². The zero-order chi connectivity index (χ0) is 21.0. The van der Waals surface area contributed by atoms with Gasteiger partial charge in [0.05, 0.1) is 16.8 Å². The summed E-state index contributed by atoms with van der Waals surface area (Å²) in [5.41, 5.74) is 5.44. The number of aromatic nitrogens is 1. The second kappa shape index (κ2) is 8.61. The Morgan fingerprint density at radius 1 is 0.966 bits per heavy atom. The SMILES string of the molecule is C=CCNC(=O)c1ccccc1NC(=O)c1cc(C)n(-c2cccc(C)c2)c1C. The molecule has 5 heteroatoms. The molecule has 0 bridgehead atoms. The Bertz CT molecular complexity index is 1080. The summed E-state index contributed by atoms with van der Waals surface area (Å²) < 4.78 is 2.06. The van der Waals surface area contributed by atoms with Crippen molar-refractivity contribution in [3.63, 3.8) is 0 Å². The standard InChI is InChI=1S/C24H25N3O2/c1-5-13-25-23(28)20-11-6-7-12-22(20)26-24(29)21-15-17(3)27(18(21)4)19-10-8-9-16(2)14-19/h5-12,14-15H,1,13H2,2-4H3,(H,25,28)(H,26,29). The van der Waals surface area contributed by atoms with Crippen LogP contribution >= 0.6 is 0 Å². The highest BCUT2D eigenvalue weighted by Gasteiger charge is 2.19. The minimum Gasteiger partial charge on any atom is -0.349 e. The fraction of sp³-hybridized carbons (Fsp3) is 0.167. The van der Waals surface area contributed by atoms with E-state index in [9.17, 15) is 9.59 Å². The van der Waals surface area contributed by atoms with Crippen LogP contribution in [0.4, 0.5) is 5.69 Å². The molecule has 0 fully saturated rings. The number of amides is 2. The number of carbonyl (C=O) groups is 2. The van der Waals surface area contributed by atoms with E-state index in [4.69, 9.17) is 0 Å². The molecule has 3 aromatic rings. The number of carbonyl (C=O) groups excluding carboxylic acids is 2. The van der Waals surface area contributed by atoms with Gasteiger partial charge in [-0.15, -0.1) is 6.58 Å². The Kier molecular flexibility index (Phi) is 5.98. The molecule has 2 amide bonds. The average Bonchev–Trinajstić information content (AvgIpc) is 3.00. The summed E-state index contributed by atoms with van der Waals surface area (Å²) in [5, 5.41) is 5.63. The number of hydrogen-bond donors (Lipinski definition) is 2. The van der Waals surface area contributed by atoms with Crippen molar-refractivity contribution in [2.75, 3.05) is 11.9 Å². The summed E-state index contributed by atoms with van der Waals surface area (Å²) in [6.07, 6.45) is 1.61. The summed E-state index contributed by atoms with van der Waals surface area (Å²) in [5.74, 6) is -0.507. The molecule has 0 saturated carbocycles. The first kappa shape index (κ1) is 20.1. The van der Waals surface area contributed by atoms with E-state index < -0.39 is 0 Å². The van der Waals surface area contributed by atoms with Crippen LogP contribution in [0.2, 0.25) is 0 Å². The van der Waals surface area contributed by atoms with Gasteiger partial charge in [-0.2, -0.15) is 0 Å². The van der Waals surface area contributed by atoms with Crippen LogP contribution in [0.15, 0.2) is 67.3 Å². The van der Waals surface area contributed by atoms with Crippen molar-refractivity contribution in [1.29, 1.82) is 0 Å². The summed E-state index contributed by atoms with van der Waals surface area (Å²) in [7, 11) is 0. The minimum absolute atomic E-state index is 0.249. The number of anilines is 1. The molecule has 1 aromatic heterocycles. The fourth-order valence-electron chi connectivity index (χ4n) is 3.40. The zero-order valence-corrected chi connectivity index (χ0v) is 17.0. The molecule has 0 unspecified atom stereocenters. The maximum absolute atomic E-state index is 13.0. The Labute approximate surface area is 171 Å². The van der Waals surface area contributed by atoms with E-state index >= 15 is 0 Å². The van der Waals surface area contributed by atoms with E-state index in [1.165, 1.54) is 0 Å². The lowest BCUT2D eigenvalue weighted by Gasteiger charge is -2.12. The van der Waals surface area contributed by atoms with Gasteiger partial charge in [-0.25, -0.2) is 0 Å². The van der Waals surface area contributed by atoms with Crippen molar-refractivity contribution in [3.8, 4) is 5.69 Å². The van der Waals surface area contributed by atoms with Crippen molar-refractivity contribution in [2.45, 2.75) is 20.8 Å². The van der Waals surface area contributed by atoms with Gasteiger partial charge in [-0.05, 0) is 56.7 Å². The third-order valence-electron chi connectivity index (χ3n) is 4.76. The smallest absolute Gasteiger partial charge is 0.257 e. The monoisotopic (exact) mass is 387 g/mol. The van der Waals surface area contributed by atoms with Gasteiger partial charge in [0.2, 0.25) is 0 Å². The summed E-state index contributed by atoms with van der Waals surface area (Å²) in [6, 6.07) is 17.0. The van der Waals surface area contributed by atoms with E-state index in [0.717, 1.165) is 22.6 Å². The highest BCUT2D eigenvalue weighted by Crippen LogP contribution is 2.23. The summed E-state index contributed by atoms with van der Waals surface area (Å²) in [4.78, 5) is 25.4. The van der Waals surface area contributed by atoms with E-state index in [0.29, 0.717) is 23.4 Å². The molecule has 0 saturated heterocycles. The first-order valence-corrected chi connectivity index (χ1v) is 9.48. The Hall–Kier alpha value is -3.60.